The van der Waals surface area contributed by atoms with Crippen molar-refractivity contribution in [3.63, 3.8) is 0 Å². The van der Waals surface area contributed by atoms with Crippen LogP contribution in [-0.2, 0) is 28.5 Å². The highest BCUT2D eigenvalue weighted by Crippen LogP contribution is 2.49. The van der Waals surface area contributed by atoms with Crippen LogP contribution in [0.3, 0.4) is 0 Å². The van der Waals surface area contributed by atoms with Crippen molar-refractivity contribution in [2.24, 2.45) is 0 Å². The van der Waals surface area contributed by atoms with Gasteiger partial charge in [-0.3, -0.25) is 4.79 Å². The molecule has 3 aliphatic rings. The van der Waals surface area contributed by atoms with E-state index in [1.165, 1.54) is 6.92 Å². The van der Waals surface area contributed by atoms with Gasteiger partial charge in [-0.2, -0.15) is 9.97 Å². The third-order valence-electron chi connectivity index (χ3n) is 6.90. The molecule has 0 spiro atoms. The highest BCUT2D eigenvalue weighted by Gasteiger charge is 2.41. The predicted molar refractivity (Wildman–Crippen MR) is 150 cm³/mol. The fraction of sp³-hybridized carbons (Fsp3) is 0.481. The molecule has 1 unspecified atom stereocenters. The summed E-state index contributed by atoms with van der Waals surface area (Å²) in [5.41, 5.74) is 1.83. The van der Waals surface area contributed by atoms with Gasteiger partial charge in [-0.05, 0) is 18.6 Å². The van der Waals surface area contributed by atoms with Crippen molar-refractivity contribution in [2.75, 3.05) is 80.9 Å². The molecular formula is C27H31Cl2N5O6. The summed E-state index contributed by atoms with van der Waals surface area (Å²) in [5.74, 6) is -0.173. The van der Waals surface area contributed by atoms with Crippen molar-refractivity contribution in [1.29, 1.82) is 0 Å². The van der Waals surface area contributed by atoms with E-state index in [4.69, 9.17) is 52.1 Å². The number of halogens is 2. The number of aromatic nitrogens is 2. The predicted octanol–water partition coefficient (Wildman–Crippen LogP) is 3.39. The Bertz CT molecular complexity index is 1310. The second-order valence-electron chi connectivity index (χ2n) is 9.40. The van der Waals surface area contributed by atoms with Crippen LogP contribution < -0.4 is 15.1 Å². The molecule has 2 saturated heterocycles. The maximum Gasteiger partial charge on any atom is 0.336 e. The number of carbonyl (C=O) groups is 2. The molecule has 1 N–H and O–H groups in total. The van der Waals surface area contributed by atoms with E-state index in [-0.39, 0.29) is 18.8 Å². The summed E-state index contributed by atoms with van der Waals surface area (Å²) in [6.07, 6.45) is 0. The van der Waals surface area contributed by atoms with Crippen LogP contribution in [0, 0.1) is 0 Å². The second kappa shape index (κ2) is 12.6. The molecule has 0 radical (unpaired) electrons. The van der Waals surface area contributed by atoms with E-state index in [1.54, 1.807) is 19.1 Å². The van der Waals surface area contributed by atoms with Gasteiger partial charge in [0.2, 0.25) is 5.95 Å². The van der Waals surface area contributed by atoms with E-state index in [1.807, 2.05) is 6.07 Å². The molecule has 2 aromatic rings. The normalized spacial score (nSPS) is 19.1. The van der Waals surface area contributed by atoms with Crippen molar-refractivity contribution in [3.8, 4) is 0 Å². The Morgan fingerprint density at radius 2 is 1.70 bits per heavy atom. The van der Waals surface area contributed by atoms with Gasteiger partial charge < -0.3 is 34.1 Å². The highest BCUT2D eigenvalue weighted by atomic mass is 35.5. The molecule has 5 rings (SSSR count). The Morgan fingerprint density at radius 1 is 1.02 bits per heavy atom. The lowest BCUT2D eigenvalue weighted by Gasteiger charge is -2.37. The maximum atomic E-state index is 13.6. The van der Waals surface area contributed by atoms with E-state index in [9.17, 15) is 9.59 Å². The standard InChI is InChI=1S/C27H31Cl2N5O6/c1-3-39-26(36)21-19(15-40-16(2)35)30-24-22(20(21)17-5-4-6-18(28)23(17)29)25(33-7-11-37-12-8-33)32-27(31-24)34-9-13-38-14-10-34/h4-6,20H,3,7-15H2,1-2H3,(H,30,31,32). The van der Waals surface area contributed by atoms with E-state index >= 15 is 0 Å². The van der Waals surface area contributed by atoms with Gasteiger partial charge in [0, 0.05) is 38.7 Å². The Morgan fingerprint density at radius 3 is 2.35 bits per heavy atom. The molecule has 1 aromatic heterocycles. The summed E-state index contributed by atoms with van der Waals surface area (Å²) in [7, 11) is 0. The lowest BCUT2D eigenvalue weighted by atomic mass is 9.81. The van der Waals surface area contributed by atoms with Gasteiger partial charge in [-0.25, -0.2) is 4.79 Å². The van der Waals surface area contributed by atoms with Crippen LogP contribution in [-0.4, -0.2) is 87.7 Å². The molecule has 2 fully saturated rings. The number of esters is 2. The zero-order valence-electron chi connectivity index (χ0n) is 22.4. The quantitative estimate of drug-likeness (QED) is 0.477. The third-order valence-corrected chi connectivity index (χ3v) is 7.73. The van der Waals surface area contributed by atoms with Crippen LogP contribution in [0.15, 0.2) is 29.5 Å². The molecule has 13 heteroatoms. The average molecular weight is 592 g/mol. The number of nitrogens with zero attached hydrogens (tertiary/aromatic N) is 4. The smallest absolute Gasteiger partial charge is 0.336 e. The fourth-order valence-electron chi connectivity index (χ4n) is 5.05. The van der Waals surface area contributed by atoms with Crippen molar-refractivity contribution in [2.45, 2.75) is 19.8 Å². The minimum Gasteiger partial charge on any atom is -0.463 e. The van der Waals surface area contributed by atoms with Crippen LogP contribution >= 0.6 is 23.2 Å². The summed E-state index contributed by atoms with van der Waals surface area (Å²) in [4.78, 5) is 39.6. The molecule has 11 nitrogen and oxygen atoms in total. The second-order valence-corrected chi connectivity index (χ2v) is 10.2. The molecule has 1 atom stereocenters. The van der Waals surface area contributed by atoms with Gasteiger partial charge in [0.15, 0.2) is 0 Å². The molecule has 40 heavy (non-hydrogen) atoms. The van der Waals surface area contributed by atoms with Crippen LogP contribution in [0.1, 0.15) is 30.9 Å². The van der Waals surface area contributed by atoms with E-state index < -0.39 is 17.9 Å². The van der Waals surface area contributed by atoms with Crippen LogP contribution in [0.2, 0.25) is 10.0 Å². The molecule has 4 heterocycles. The van der Waals surface area contributed by atoms with Gasteiger partial charge in [0.25, 0.3) is 0 Å². The summed E-state index contributed by atoms with van der Waals surface area (Å²) in [5, 5.41) is 3.92. The summed E-state index contributed by atoms with van der Waals surface area (Å²) < 4.78 is 22.0. The van der Waals surface area contributed by atoms with Gasteiger partial charge in [-0.15, -0.1) is 0 Å². The SMILES string of the molecule is CCOC(=O)C1=C(COC(C)=O)Nc2nc(N3CCOCC3)nc(N3CCOCC3)c2C1c1cccc(Cl)c1Cl. The van der Waals surface area contributed by atoms with Crippen LogP contribution in [0.5, 0.6) is 0 Å². The Hall–Kier alpha value is -3.12. The zero-order valence-corrected chi connectivity index (χ0v) is 23.9. The van der Waals surface area contributed by atoms with Crippen molar-refractivity contribution >= 4 is 52.7 Å². The number of ether oxygens (including phenoxy) is 4. The molecule has 3 aliphatic heterocycles. The first-order valence-electron chi connectivity index (χ1n) is 13.2. The van der Waals surface area contributed by atoms with Crippen LogP contribution in [0.4, 0.5) is 17.6 Å². The lowest BCUT2D eigenvalue weighted by molar-refractivity contribution is -0.141. The van der Waals surface area contributed by atoms with Gasteiger partial charge in [-0.1, -0.05) is 35.3 Å². The molecule has 0 bridgehead atoms. The average Bonchev–Trinajstić information content (AvgIpc) is 2.97. The summed E-state index contributed by atoms with van der Waals surface area (Å²) >= 11 is 13.3. The largest absolute Gasteiger partial charge is 0.463 e. The Kier molecular flexibility index (Phi) is 8.94. The first-order valence-corrected chi connectivity index (χ1v) is 14.0. The monoisotopic (exact) mass is 591 g/mol. The number of hydrogen-bond acceptors (Lipinski definition) is 11. The minimum atomic E-state index is -0.761. The number of rotatable bonds is 7. The molecule has 1 aromatic carbocycles. The van der Waals surface area contributed by atoms with Gasteiger partial charge in [0.1, 0.15) is 18.2 Å². The van der Waals surface area contributed by atoms with Crippen molar-refractivity contribution < 1.29 is 28.5 Å². The van der Waals surface area contributed by atoms with E-state index in [0.717, 1.165) is 0 Å². The Labute approximate surface area is 242 Å². The molecule has 0 amide bonds. The molecular weight excluding hydrogens is 561 g/mol. The van der Waals surface area contributed by atoms with Gasteiger partial charge in [0.05, 0.1) is 60.3 Å². The van der Waals surface area contributed by atoms with Crippen LogP contribution in [0.25, 0.3) is 0 Å². The molecule has 0 saturated carbocycles. The number of fused-ring (bicyclic) bond motifs is 1. The topological polar surface area (TPSA) is 115 Å². The van der Waals surface area contributed by atoms with Gasteiger partial charge >= 0.3 is 11.9 Å². The summed E-state index contributed by atoms with van der Waals surface area (Å²) in [6.45, 7) is 7.63. The lowest BCUT2D eigenvalue weighted by Crippen LogP contribution is -2.41. The Balaban J connectivity index is 1.77. The maximum absolute atomic E-state index is 13.6. The van der Waals surface area contributed by atoms with E-state index in [0.29, 0.717) is 97.1 Å². The number of benzene rings is 1. The van der Waals surface area contributed by atoms with Crippen molar-refractivity contribution in [1.82, 2.24) is 9.97 Å². The number of nitrogens with one attached hydrogen (secondary N) is 1. The highest BCUT2D eigenvalue weighted by molar-refractivity contribution is 6.42. The zero-order chi connectivity index (χ0) is 28.2. The first-order chi connectivity index (χ1) is 19.4. The molecule has 214 valence electrons. The first kappa shape index (κ1) is 28.4. The third kappa shape index (κ3) is 5.83. The number of hydrogen-bond donors (Lipinski definition) is 1. The van der Waals surface area contributed by atoms with E-state index in [2.05, 4.69) is 15.1 Å². The minimum absolute atomic E-state index is 0.148. The summed E-state index contributed by atoms with van der Waals surface area (Å²) in [6, 6.07) is 5.27. The molecule has 0 aliphatic carbocycles. The number of carbonyl (C=O) groups excluding carboxylic acids is 2. The number of morpholine rings is 2. The van der Waals surface area contributed by atoms with Crippen molar-refractivity contribution in [3.05, 3.63) is 50.6 Å². The number of anilines is 3. The fourth-order valence-corrected chi connectivity index (χ4v) is 5.47.